The predicted molar refractivity (Wildman–Crippen MR) is 174 cm³/mol. The van der Waals surface area contributed by atoms with Crippen molar-refractivity contribution in [3.8, 4) is 0 Å². The van der Waals surface area contributed by atoms with Crippen LogP contribution < -0.4 is 15.5 Å². The zero-order valence-corrected chi connectivity index (χ0v) is 26.9. The molecule has 0 radical (unpaired) electrons. The van der Waals surface area contributed by atoms with E-state index in [4.69, 9.17) is 0 Å². The minimum atomic E-state index is -4.58. The molecule has 1 amide bonds. The van der Waals surface area contributed by atoms with Crippen molar-refractivity contribution < 1.29 is 18.0 Å². The number of aliphatic imine (C=N–C) groups is 1. The molecule has 242 valence electrons. The fourth-order valence-electron chi connectivity index (χ4n) is 4.92. The number of rotatable bonds is 17. The molecule has 0 spiro atoms. The van der Waals surface area contributed by atoms with E-state index in [2.05, 4.69) is 39.4 Å². The summed E-state index contributed by atoms with van der Waals surface area (Å²) < 4.78 is 42.8. The van der Waals surface area contributed by atoms with Crippen LogP contribution in [0.25, 0.3) is 0 Å². The van der Waals surface area contributed by atoms with Crippen molar-refractivity contribution in [2.24, 2.45) is 4.99 Å². The maximum Gasteiger partial charge on any atom is 0.419 e. The van der Waals surface area contributed by atoms with Crippen LogP contribution in [0.5, 0.6) is 0 Å². The number of alkyl halides is 3. The summed E-state index contributed by atoms with van der Waals surface area (Å²) in [5, 5.41) is 6.15. The van der Waals surface area contributed by atoms with E-state index >= 15 is 0 Å². The number of nitrogens with one attached hydrogen (secondary N) is 2. The number of hydrogen-bond acceptors (Lipinski definition) is 5. The maximum atomic E-state index is 14.3. The van der Waals surface area contributed by atoms with E-state index in [1.165, 1.54) is 0 Å². The Morgan fingerprint density at radius 3 is 2.42 bits per heavy atom. The fourth-order valence-corrected chi connectivity index (χ4v) is 4.92. The summed E-state index contributed by atoms with van der Waals surface area (Å²) in [5.41, 5.74) is 1.07. The Balaban J connectivity index is 2.10. The van der Waals surface area contributed by atoms with Crippen LogP contribution in [-0.4, -0.2) is 80.6 Å². The third kappa shape index (κ3) is 13.4. The number of anilines is 2. The number of piperazine rings is 1. The van der Waals surface area contributed by atoms with Gasteiger partial charge in [-0.1, -0.05) is 52.2 Å². The lowest BCUT2D eigenvalue weighted by atomic mass is 10.1. The highest BCUT2D eigenvalue weighted by Crippen LogP contribution is 2.31. The van der Waals surface area contributed by atoms with Crippen LogP contribution in [-0.2, 0) is 4.79 Å². The standard InChI is InChI=1S/C33H53F3N6O/c1-6-9-11-17-32(43)42(19-8-3)20-13-18-37-31(16-10-7-2)30(33(34,35)36)26-38-27(4)39-28-14-12-15-29(25-28)41-23-21-40(5)22-24-41/h12,14-16,25-26,37H,6-11,13,17-24H2,1-5H3,(H,38,39)/b30-26+,31-16-. The zero-order chi connectivity index (χ0) is 31.7. The topological polar surface area (TPSA) is 63.2 Å². The molecule has 0 atom stereocenters. The molecule has 0 saturated carbocycles. The second-order valence-electron chi connectivity index (χ2n) is 11.2. The third-order valence-corrected chi connectivity index (χ3v) is 7.42. The first-order valence-electron chi connectivity index (χ1n) is 15.9. The van der Waals surface area contributed by atoms with Crippen LogP contribution in [0.4, 0.5) is 24.5 Å². The monoisotopic (exact) mass is 606 g/mol. The van der Waals surface area contributed by atoms with Crippen LogP contribution in [0.1, 0.15) is 79.1 Å². The molecule has 1 aromatic rings. The molecule has 2 N–H and O–H groups in total. The number of likely N-dealkylation sites (N-methyl/N-ethyl adjacent to an activating group) is 1. The first-order chi connectivity index (χ1) is 20.6. The molecule has 43 heavy (non-hydrogen) atoms. The Bertz CT molecular complexity index is 1060. The highest BCUT2D eigenvalue weighted by molar-refractivity contribution is 5.94. The quantitative estimate of drug-likeness (QED) is 0.0850. The molecule has 1 heterocycles. The van der Waals surface area contributed by atoms with Gasteiger partial charge in [0.05, 0.1) is 5.57 Å². The number of benzene rings is 1. The van der Waals surface area contributed by atoms with E-state index in [0.29, 0.717) is 44.7 Å². The Morgan fingerprint density at radius 1 is 1.02 bits per heavy atom. The van der Waals surface area contributed by atoms with Gasteiger partial charge in [0.25, 0.3) is 0 Å². The Labute approximate surface area is 257 Å². The highest BCUT2D eigenvalue weighted by atomic mass is 19.4. The second kappa shape index (κ2) is 19.3. The smallest absolute Gasteiger partial charge is 0.385 e. The minimum Gasteiger partial charge on any atom is -0.385 e. The van der Waals surface area contributed by atoms with Gasteiger partial charge in [0.1, 0.15) is 5.84 Å². The van der Waals surface area contributed by atoms with Gasteiger partial charge in [0.15, 0.2) is 0 Å². The Kier molecular flexibility index (Phi) is 16.2. The van der Waals surface area contributed by atoms with Crippen molar-refractivity contribution in [2.45, 2.75) is 85.2 Å². The fraction of sp³-hybridized carbons (Fsp3) is 0.636. The number of carbonyl (C=O) groups excluding carboxylic acids is 1. The summed E-state index contributed by atoms with van der Waals surface area (Å²) in [6.07, 6.45) is 4.02. The number of unbranched alkanes of at least 4 members (excludes halogenated alkanes) is 3. The summed E-state index contributed by atoms with van der Waals surface area (Å²) in [6, 6.07) is 7.88. The first kappa shape index (κ1) is 36.2. The number of amides is 1. The Hall–Kier alpha value is -3.01. The number of hydrogen-bond donors (Lipinski definition) is 2. The molecule has 1 fully saturated rings. The number of halogens is 3. The molecule has 2 rings (SSSR count). The minimum absolute atomic E-state index is 0.0271. The summed E-state index contributed by atoms with van der Waals surface area (Å²) in [4.78, 5) is 23.2. The molecule has 0 aromatic heterocycles. The van der Waals surface area contributed by atoms with E-state index in [1.807, 2.05) is 43.0 Å². The molecular weight excluding hydrogens is 553 g/mol. The highest BCUT2D eigenvalue weighted by Gasteiger charge is 2.36. The van der Waals surface area contributed by atoms with Crippen molar-refractivity contribution in [3.63, 3.8) is 0 Å². The maximum absolute atomic E-state index is 14.3. The molecule has 1 aliphatic heterocycles. The second-order valence-corrected chi connectivity index (χ2v) is 11.2. The van der Waals surface area contributed by atoms with Crippen LogP contribution in [0.15, 0.2) is 52.8 Å². The van der Waals surface area contributed by atoms with Crippen LogP contribution >= 0.6 is 0 Å². The molecule has 0 bridgehead atoms. The summed E-state index contributed by atoms with van der Waals surface area (Å²) in [7, 11) is 2.11. The molecule has 10 heteroatoms. The van der Waals surface area contributed by atoms with Crippen molar-refractivity contribution in [1.82, 2.24) is 15.1 Å². The number of nitrogens with zero attached hydrogens (tertiary/aromatic N) is 4. The third-order valence-electron chi connectivity index (χ3n) is 7.42. The number of allylic oxidation sites excluding steroid dienone is 2. The lowest BCUT2D eigenvalue weighted by Gasteiger charge is -2.34. The van der Waals surface area contributed by atoms with Gasteiger partial charge >= 0.3 is 6.18 Å². The van der Waals surface area contributed by atoms with E-state index in [1.54, 1.807) is 13.0 Å². The van der Waals surface area contributed by atoms with Crippen molar-refractivity contribution in [1.29, 1.82) is 0 Å². The largest absolute Gasteiger partial charge is 0.419 e. The van der Waals surface area contributed by atoms with Gasteiger partial charge in [-0.25, -0.2) is 4.99 Å². The SMILES string of the molecule is CCC/C=C(NCCCN(CCC)C(=O)CCCCC)/C(=C\N=C(C)Nc1cccc(N2CCN(C)CC2)c1)C(F)(F)F. The normalized spacial score (nSPS) is 15.5. The average molecular weight is 607 g/mol. The van der Waals surface area contributed by atoms with Crippen molar-refractivity contribution in [3.05, 3.63) is 47.8 Å². The van der Waals surface area contributed by atoms with Gasteiger partial charge in [-0.15, -0.1) is 0 Å². The summed E-state index contributed by atoms with van der Waals surface area (Å²) in [6.45, 7) is 13.1. The molecule has 1 saturated heterocycles. The lowest BCUT2D eigenvalue weighted by molar-refractivity contribution is -0.131. The average Bonchev–Trinajstić information content (AvgIpc) is 2.97. The number of amidine groups is 1. The molecule has 0 aliphatic carbocycles. The van der Waals surface area contributed by atoms with Gasteiger partial charge in [0, 0.05) is 75.5 Å². The van der Waals surface area contributed by atoms with E-state index in [9.17, 15) is 18.0 Å². The van der Waals surface area contributed by atoms with Crippen molar-refractivity contribution >= 4 is 23.1 Å². The molecule has 1 aromatic carbocycles. The van der Waals surface area contributed by atoms with Crippen LogP contribution in [0.2, 0.25) is 0 Å². The van der Waals surface area contributed by atoms with E-state index in [-0.39, 0.29) is 11.6 Å². The summed E-state index contributed by atoms with van der Waals surface area (Å²) in [5.74, 6) is 0.489. The molecule has 0 unspecified atom stereocenters. The van der Waals surface area contributed by atoms with E-state index in [0.717, 1.165) is 75.9 Å². The molecule has 7 nitrogen and oxygen atoms in total. The van der Waals surface area contributed by atoms with Crippen molar-refractivity contribution in [2.75, 3.05) is 63.1 Å². The van der Waals surface area contributed by atoms with Crippen LogP contribution in [0, 0.1) is 0 Å². The van der Waals surface area contributed by atoms with Gasteiger partial charge in [0.2, 0.25) is 5.91 Å². The van der Waals surface area contributed by atoms with Crippen LogP contribution in [0.3, 0.4) is 0 Å². The van der Waals surface area contributed by atoms with Gasteiger partial charge in [-0.2, -0.15) is 13.2 Å². The first-order valence-corrected chi connectivity index (χ1v) is 15.9. The van der Waals surface area contributed by atoms with Gasteiger partial charge in [-0.05, 0) is 57.9 Å². The van der Waals surface area contributed by atoms with Gasteiger partial charge < -0.3 is 25.3 Å². The summed E-state index contributed by atoms with van der Waals surface area (Å²) >= 11 is 0. The molecule has 1 aliphatic rings. The van der Waals surface area contributed by atoms with E-state index < -0.39 is 11.7 Å². The zero-order valence-electron chi connectivity index (χ0n) is 26.9. The predicted octanol–water partition coefficient (Wildman–Crippen LogP) is 7.20. The Morgan fingerprint density at radius 2 is 1.77 bits per heavy atom. The van der Waals surface area contributed by atoms with Gasteiger partial charge in [-0.3, -0.25) is 4.79 Å². The lowest BCUT2D eigenvalue weighted by Crippen LogP contribution is -2.44. The number of carbonyl (C=O) groups is 1. The molecular formula is C33H53F3N6O.